The third kappa shape index (κ3) is 2.77. The van der Waals surface area contributed by atoms with Gasteiger partial charge in [0.15, 0.2) is 0 Å². The van der Waals surface area contributed by atoms with Crippen molar-refractivity contribution in [1.82, 2.24) is 0 Å². The van der Waals surface area contributed by atoms with Crippen molar-refractivity contribution in [1.29, 1.82) is 0 Å². The lowest BCUT2D eigenvalue weighted by atomic mass is 10.2. The van der Waals surface area contributed by atoms with Gasteiger partial charge in [-0.1, -0.05) is 25.7 Å². The van der Waals surface area contributed by atoms with E-state index in [4.69, 9.17) is 0 Å². The summed E-state index contributed by atoms with van der Waals surface area (Å²) in [6, 6.07) is 0. The van der Waals surface area contributed by atoms with Gasteiger partial charge < -0.3 is 0 Å². The summed E-state index contributed by atoms with van der Waals surface area (Å²) in [5, 5.41) is -0.704. The van der Waals surface area contributed by atoms with E-state index in [-0.39, 0.29) is 0 Å². The number of hydrogen-bond acceptors (Lipinski definition) is 2. The highest BCUT2D eigenvalue weighted by Crippen LogP contribution is 2.23. The first-order chi connectivity index (χ1) is 5.11. The number of halogens is 1. The third-order valence-electron chi connectivity index (χ3n) is 2.20. The van der Waals surface area contributed by atoms with E-state index in [2.05, 4.69) is 0 Å². The van der Waals surface area contributed by atoms with Gasteiger partial charge in [0.25, 0.3) is 0 Å². The zero-order valence-corrected chi connectivity index (χ0v) is 7.24. The first-order valence-electron chi connectivity index (χ1n) is 4.04. The lowest BCUT2D eigenvalue weighted by Gasteiger charge is -2.06. The maximum Gasteiger partial charge on any atom is 0.305 e. The topological polar surface area (TPSA) is 34.1 Å². The first kappa shape index (κ1) is 8.97. The second-order valence-corrected chi connectivity index (χ2v) is 4.71. The molecule has 0 unspecified atom stereocenters. The molecule has 0 atom stereocenters. The standard InChI is InChI=1S/C7H13FO2S/c8-11(9,10)7-5-3-1-2-4-6-7/h7H,1-6H2. The Bertz CT molecular complexity index is 202. The zero-order chi connectivity index (χ0) is 8.32. The quantitative estimate of drug-likeness (QED) is 0.457. The van der Waals surface area contributed by atoms with Crippen molar-refractivity contribution < 1.29 is 12.3 Å². The SMILES string of the molecule is O=S(=O)(F)C1CCCCCC1. The van der Waals surface area contributed by atoms with Crippen molar-refractivity contribution in [2.24, 2.45) is 0 Å². The van der Waals surface area contributed by atoms with Crippen molar-refractivity contribution >= 4 is 10.2 Å². The number of rotatable bonds is 1. The summed E-state index contributed by atoms with van der Waals surface area (Å²) in [6.45, 7) is 0. The molecule has 0 heterocycles. The minimum atomic E-state index is -4.25. The van der Waals surface area contributed by atoms with Gasteiger partial charge in [-0.05, 0) is 12.8 Å². The van der Waals surface area contributed by atoms with Gasteiger partial charge in [0.1, 0.15) is 0 Å². The molecule has 4 heteroatoms. The van der Waals surface area contributed by atoms with Gasteiger partial charge in [0.05, 0.1) is 5.25 Å². The Hall–Kier alpha value is -0.120. The molecular weight excluding hydrogens is 167 g/mol. The largest absolute Gasteiger partial charge is 0.305 e. The molecule has 2 nitrogen and oxygen atoms in total. The predicted molar refractivity (Wildman–Crippen MR) is 41.5 cm³/mol. The molecule has 11 heavy (non-hydrogen) atoms. The third-order valence-corrected chi connectivity index (χ3v) is 3.47. The van der Waals surface area contributed by atoms with Crippen molar-refractivity contribution in [3.8, 4) is 0 Å². The summed E-state index contributed by atoms with van der Waals surface area (Å²) >= 11 is 0. The van der Waals surface area contributed by atoms with Crippen LogP contribution < -0.4 is 0 Å². The molecule has 0 N–H and O–H groups in total. The van der Waals surface area contributed by atoms with Crippen molar-refractivity contribution in [2.45, 2.75) is 43.8 Å². The molecule has 66 valence electrons. The maximum absolute atomic E-state index is 12.4. The smallest absolute Gasteiger partial charge is 0.195 e. The van der Waals surface area contributed by atoms with Crippen LogP contribution in [0.4, 0.5) is 3.89 Å². The van der Waals surface area contributed by atoms with Gasteiger partial charge in [-0.2, -0.15) is 8.42 Å². The number of hydrogen-bond donors (Lipinski definition) is 0. The molecule has 1 aliphatic rings. The summed E-state index contributed by atoms with van der Waals surface area (Å²) in [5.74, 6) is 0. The summed E-state index contributed by atoms with van der Waals surface area (Å²) in [5.41, 5.74) is 0. The minimum Gasteiger partial charge on any atom is -0.195 e. The van der Waals surface area contributed by atoms with Crippen LogP contribution in [0.1, 0.15) is 38.5 Å². The highest BCUT2D eigenvalue weighted by molar-refractivity contribution is 7.87. The molecule has 1 saturated carbocycles. The first-order valence-corrected chi connectivity index (χ1v) is 5.49. The fourth-order valence-electron chi connectivity index (χ4n) is 1.52. The van der Waals surface area contributed by atoms with Crippen molar-refractivity contribution in [3.63, 3.8) is 0 Å². The molecule has 1 fully saturated rings. The van der Waals surface area contributed by atoms with Gasteiger partial charge in [-0.3, -0.25) is 0 Å². The molecule has 0 aromatic rings. The molecular formula is C7H13FO2S. The van der Waals surface area contributed by atoms with Crippen LogP contribution in [0.25, 0.3) is 0 Å². The Kier molecular flexibility index (Phi) is 2.87. The Morgan fingerprint density at radius 3 is 1.82 bits per heavy atom. The average molecular weight is 180 g/mol. The molecule has 0 bridgehead atoms. The predicted octanol–water partition coefficient (Wildman–Crippen LogP) is 2.01. The lowest BCUT2D eigenvalue weighted by molar-refractivity contribution is 0.519. The van der Waals surface area contributed by atoms with Crippen LogP contribution in [0.15, 0.2) is 0 Å². The van der Waals surface area contributed by atoms with Gasteiger partial charge in [0.2, 0.25) is 0 Å². The fraction of sp³-hybridized carbons (Fsp3) is 1.00. The van der Waals surface area contributed by atoms with E-state index in [1.165, 1.54) is 0 Å². The Labute approximate surface area is 67.0 Å². The molecule has 0 aromatic heterocycles. The van der Waals surface area contributed by atoms with Crippen LogP contribution in [0.5, 0.6) is 0 Å². The second-order valence-electron chi connectivity index (χ2n) is 3.09. The average Bonchev–Trinajstić information content (AvgIpc) is 2.10. The van der Waals surface area contributed by atoms with E-state index >= 15 is 0 Å². The summed E-state index contributed by atoms with van der Waals surface area (Å²) in [4.78, 5) is 0. The highest BCUT2D eigenvalue weighted by Gasteiger charge is 2.25. The van der Waals surface area contributed by atoms with E-state index in [0.717, 1.165) is 25.7 Å². The minimum absolute atomic E-state index is 0.513. The van der Waals surface area contributed by atoms with Crippen molar-refractivity contribution in [2.75, 3.05) is 0 Å². The normalized spacial score (nSPS) is 23.0. The van der Waals surface area contributed by atoms with Gasteiger partial charge in [0, 0.05) is 0 Å². The molecule has 1 rings (SSSR count). The monoisotopic (exact) mass is 180 g/mol. The fourth-order valence-corrected chi connectivity index (χ4v) is 2.42. The molecule has 0 saturated heterocycles. The summed E-state index contributed by atoms with van der Waals surface area (Å²) < 4.78 is 33.4. The van der Waals surface area contributed by atoms with Gasteiger partial charge >= 0.3 is 10.2 Å². The van der Waals surface area contributed by atoms with E-state index in [9.17, 15) is 12.3 Å². The van der Waals surface area contributed by atoms with Crippen LogP contribution in [-0.4, -0.2) is 13.7 Å². The van der Waals surface area contributed by atoms with E-state index in [1.54, 1.807) is 0 Å². The van der Waals surface area contributed by atoms with Crippen LogP contribution in [0.3, 0.4) is 0 Å². The van der Waals surface area contributed by atoms with E-state index in [1.807, 2.05) is 0 Å². The van der Waals surface area contributed by atoms with Crippen LogP contribution in [0.2, 0.25) is 0 Å². The molecule has 0 aliphatic heterocycles. The van der Waals surface area contributed by atoms with Crippen LogP contribution >= 0.6 is 0 Å². The zero-order valence-electron chi connectivity index (χ0n) is 6.42. The molecule has 1 aliphatic carbocycles. The molecule has 0 radical (unpaired) electrons. The van der Waals surface area contributed by atoms with Crippen LogP contribution in [0, 0.1) is 0 Å². The molecule has 0 spiro atoms. The Morgan fingerprint density at radius 2 is 1.45 bits per heavy atom. The molecule has 0 aromatic carbocycles. The van der Waals surface area contributed by atoms with E-state index < -0.39 is 15.5 Å². The summed E-state index contributed by atoms with van der Waals surface area (Å²) in [7, 11) is -4.25. The maximum atomic E-state index is 12.4. The van der Waals surface area contributed by atoms with Gasteiger partial charge in [-0.15, -0.1) is 3.89 Å². The van der Waals surface area contributed by atoms with Crippen molar-refractivity contribution in [3.05, 3.63) is 0 Å². The highest BCUT2D eigenvalue weighted by atomic mass is 32.3. The molecule has 0 amide bonds. The lowest BCUT2D eigenvalue weighted by Crippen LogP contribution is -2.15. The second kappa shape index (κ2) is 3.52. The van der Waals surface area contributed by atoms with E-state index in [0.29, 0.717) is 12.8 Å². The summed E-state index contributed by atoms with van der Waals surface area (Å²) in [6.07, 6.45) is 4.83. The van der Waals surface area contributed by atoms with Gasteiger partial charge in [-0.25, -0.2) is 0 Å². The van der Waals surface area contributed by atoms with Crippen LogP contribution in [-0.2, 0) is 10.2 Å². The Morgan fingerprint density at radius 1 is 1.00 bits per heavy atom. The Balaban J connectivity index is 2.57.